The van der Waals surface area contributed by atoms with E-state index in [4.69, 9.17) is 10.5 Å². The lowest BCUT2D eigenvalue weighted by Gasteiger charge is -2.23. The molecule has 1 aliphatic carbocycles. The number of nitrogens with one attached hydrogen (secondary N) is 2. The van der Waals surface area contributed by atoms with Gasteiger partial charge in [0.1, 0.15) is 11.8 Å². The summed E-state index contributed by atoms with van der Waals surface area (Å²) in [5, 5.41) is 5.69. The number of rotatable bonds is 9. The van der Waals surface area contributed by atoms with Crippen molar-refractivity contribution in [3.63, 3.8) is 0 Å². The lowest BCUT2D eigenvalue weighted by Crippen LogP contribution is -2.52. The summed E-state index contributed by atoms with van der Waals surface area (Å²) in [5.74, 6) is 0.750. The van der Waals surface area contributed by atoms with Crippen LogP contribution in [-0.2, 0) is 4.79 Å². The first-order valence-corrected chi connectivity index (χ1v) is 8.99. The number of benzene rings is 1. The molecular formula is C19H29N3O3. The molecule has 6 nitrogen and oxygen atoms in total. The van der Waals surface area contributed by atoms with E-state index >= 15 is 0 Å². The summed E-state index contributed by atoms with van der Waals surface area (Å²) in [6.45, 7) is 6.74. The van der Waals surface area contributed by atoms with Crippen molar-refractivity contribution in [1.29, 1.82) is 0 Å². The van der Waals surface area contributed by atoms with Crippen molar-refractivity contribution in [2.24, 2.45) is 17.6 Å². The Kier molecular flexibility index (Phi) is 6.82. The normalized spacial score (nSPS) is 16.2. The highest BCUT2D eigenvalue weighted by atomic mass is 16.5. The molecule has 138 valence electrons. The summed E-state index contributed by atoms with van der Waals surface area (Å²) in [6.07, 6.45) is 2.28. The zero-order valence-corrected chi connectivity index (χ0v) is 15.2. The highest BCUT2D eigenvalue weighted by Gasteiger charge is 2.30. The number of hydrogen-bond acceptors (Lipinski definition) is 4. The Morgan fingerprint density at radius 1 is 1.24 bits per heavy atom. The van der Waals surface area contributed by atoms with Crippen molar-refractivity contribution < 1.29 is 14.3 Å². The summed E-state index contributed by atoms with van der Waals surface area (Å²) >= 11 is 0. The Bertz CT molecular complexity index is 582. The highest BCUT2D eigenvalue weighted by Crippen LogP contribution is 2.31. The Hall–Kier alpha value is -2.08. The number of amides is 2. The molecule has 0 aliphatic heterocycles. The lowest BCUT2D eigenvalue weighted by molar-refractivity contribution is -0.124. The van der Waals surface area contributed by atoms with Gasteiger partial charge in [0.25, 0.3) is 5.91 Å². The summed E-state index contributed by atoms with van der Waals surface area (Å²) in [5.41, 5.74) is 6.52. The molecule has 1 fully saturated rings. The zero-order valence-electron chi connectivity index (χ0n) is 15.2. The number of carbonyl (C=O) groups excluding carboxylic acids is 2. The second kappa shape index (κ2) is 8.85. The minimum atomic E-state index is -0.592. The first kappa shape index (κ1) is 19.2. The van der Waals surface area contributed by atoms with E-state index < -0.39 is 6.04 Å². The summed E-state index contributed by atoms with van der Waals surface area (Å²) < 4.78 is 5.37. The van der Waals surface area contributed by atoms with Gasteiger partial charge in [-0.3, -0.25) is 9.59 Å². The van der Waals surface area contributed by atoms with E-state index in [1.54, 1.807) is 24.3 Å². The molecule has 2 unspecified atom stereocenters. The number of hydrogen-bond donors (Lipinski definition) is 3. The number of carbonyl (C=O) groups is 2. The molecule has 1 saturated carbocycles. The molecule has 2 atom stereocenters. The molecule has 6 heteroatoms. The fourth-order valence-electron chi connectivity index (χ4n) is 2.65. The van der Waals surface area contributed by atoms with Crippen LogP contribution in [0, 0.1) is 11.8 Å². The van der Waals surface area contributed by atoms with Gasteiger partial charge >= 0.3 is 0 Å². The summed E-state index contributed by atoms with van der Waals surface area (Å²) in [6, 6.07) is 6.29. The van der Waals surface area contributed by atoms with Crippen LogP contribution in [0.2, 0.25) is 0 Å². The van der Waals surface area contributed by atoms with Crippen LogP contribution in [0.1, 0.15) is 44.0 Å². The molecule has 1 aliphatic rings. The van der Waals surface area contributed by atoms with Gasteiger partial charge in [-0.2, -0.15) is 0 Å². The molecule has 0 bridgehead atoms. The van der Waals surface area contributed by atoms with Crippen LogP contribution in [0.4, 0.5) is 0 Å². The quantitative estimate of drug-likeness (QED) is 0.634. The maximum atomic E-state index is 12.4. The van der Waals surface area contributed by atoms with E-state index in [0.29, 0.717) is 30.4 Å². The second-order valence-electron chi connectivity index (χ2n) is 6.90. The molecule has 0 radical (unpaired) electrons. The van der Waals surface area contributed by atoms with Crippen LogP contribution >= 0.6 is 0 Å². The molecule has 0 spiro atoms. The minimum absolute atomic E-state index is 0.00132. The van der Waals surface area contributed by atoms with Gasteiger partial charge < -0.3 is 21.1 Å². The average molecular weight is 347 g/mol. The standard InChI is InChI=1S/C19H29N3O3/c1-4-25-15-9-7-14(8-10-15)18(23)22-17(12(2)3)19(24)21-11-16(20)13-5-6-13/h7-10,12-13,16-17H,4-6,11,20H2,1-3H3,(H,21,24)(H,22,23). The number of nitrogens with two attached hydrogens (primary N) is 1. The van der Waals surface area contributed by atoms with Crippen molar-refractivity contribution in [2.45, 2.75) is 45.7 Å². The van der Waals surface area contributed by atoms with Crippen LogP contribution < -0.4 is 21.1 Å². The first-order chi connectivity index (χ1) is 11.9. The molecule has 25 heavy (non-hydrogen) atoms. The smallest absolute Gasteiger partial charge is 0.251 e. The maximum Gasteiger partial charge on any atom is 0.251 e. The molecule has 1 aromatic rings. The third-order valence-corrected chi connectivity index (χ3v) is 4.40. The topological polar surface area (TPSA) is 93.4 Å². The van der Waals surface area contributed by atoms with Crippen molar-refractivity contribution in [3.8, 4) is 5.75 Å². The average Bonchev–Trinajstić information content (AvgIpc) is 3.42. The van der Waals surface area contributed by atoms with Gasteiger partial charge in [0.05, 0.1) is 6.61 Å². The van der Waals surface area contributed by atoms with E-state index in [9.17, 15) is 9.59 Å². The van der Waals surface area contributed by atoms with E-state index in [0.717, 1.165) is 12.8 Å². The molecule has 4 N–H and O–H groups in total. The molecule has 2 amide bonds. The van der Waals surface area contributed by atoms with Crippen LogP contribution in [0.5, 0.6) is 5.75 Å². The maximum absolute atomic E-state index is 12.4. The molecule has 2 rings (SSSR count). The van der Waals surface area contributed by atoms with Gasteiger partial charge in [-0.15, -0.1) is 0 Å². The van der Waals surface area contributed by atoms with Gasteiger partial charge in [0.2, 0.25) is 5.91 Å². The third kappa shape index (κ3) is 5.74. The monoisotopic (exact) mass is 347 g/mol. The molecule has 0 heterocycles. The fourth-order valence-corrected chi connectivity index (χ4v) is 2.65. The largest absolute Gasteiger partial charge is 0.494 e. The van der Waals surface area contributed by atoms with E-state index in [-0.39, 0.29) is 23.8 Å². The first-order valence-electron chi connectivity index (χ1n) is 8.99. The molecule has 0 saturated heterocycles. The van der Waals surface area contributed by atoms with Gasteiger partial charge in [-0.1, -0.05) is 13.8 Å². The van der Waals surface area contributed by atoms with E-state index in [2.05, 4.69) is 10.6 Å². The van der Waals surface area contributed by atoms with Gasteiger partial charge in [-0.25, -0.2) is 0 Å². The summed E-state index contributed by atoms with van der Waals surface area (Å²) in [4.78, 5) is 24.9. The fraction of sp³-hybridized carbons (Fsp3) is 0.579. The third-order valence-electron chi connectivity index (χ3n) is 4.40. The number of ether oxygens (including phenoxy) is 1. The predicted molar refractivity (Wildman–Crippen MR) is 97.4 cm³/mol. The van der Waals surface area contributed by atoms with Crippen molar-refractivity contribution >= 4 is 11.8 Å². The molecule has 1 aromatic carbocycles. The van der Waals surface area contributed by atoms with E-state index in [1.807, 2.05) is 20.8 Å². The Balaban J connectivity index is 1.92. The van der Waals surface area contributed by atoms with Gasteiger partial charge in [0.15, 0.2) is 0 Å². The zero-order chi connectivity index (χ0) is 18.4. The summed E-state index contributed by atoms with van der Waals surface area (Å²) in [7, 11) is 0. The van der Waals surface area contributed by atoms with Crippen LogP contribution in [-0.4, -0.2) is 37.0 Å². The predicted octanol–water partition coefficient (Wildman–Crippen LogP) is 1.69. The van der Waals surface area contributed by atoms with Crippen molar-refractivity contribution in [2.75, 3.05) is 13.2 Å². The SMILES string of the molecule is CCOc1ccc(C(=O)NC(C(=O)NCC(N)C2CC2)C(C)C)cc1. The van der Waals surface area contributed by atoms with Gasteiger partial charge in [-0.05, 0) is 55.9 Å². The Morgan fingerprint density at radius 2 is 1.88 bits per heavy atom. The Morgan fingerprint density at radius 3 is 2.40 bits per heavy atom. The molecular weight excluding hydrogens is 318 g/mol. The van der Waals surface area contributed by atoms with Crippen LogP contribution in [0.15, 0.2) is 24.3 Å². The Labute approximate surface area is 149 Å². The minimum Gasteiger partial charge on any atom is -0.494 e. The van der Waals surface area contributed by atoms with Crippen LogP contribution in [0.25, 0.3) is 0 Å². The molecule has 0 aromatic heterocycles. The lowest BCUT2D eigenvalue weighted by atomic mass is 10.0. The van der Waals surface area contributed by atoms with Crippen molar-refractivity contribution in [3.05, 3.63) is 29.8 Å². The highest BCUT2D eigenvalue weighted by molar-refractivity contribution is 5.97. The second-order valence-corrected chi connectivity index (χ2v) is 6.90. The van der Waals surface area contributed by atoms with Gasteiger partial charge in [0, 0.05) is 18.2 Å². The van der Waals surface area contributed by atoms with Crippen molar-refractivity contribution in [1.82, 2.24) is 10.6 Å². The van der Waals surface area contributed by atoms with E-state index in [1.165, 1.54) is 0 Å². The van der Waals surface area contributed by atoms with Crippen LogP contribution in [0.3, 0.4) is 0 Å².